The maximum absolute atomic E-state index is 13.0. The Balaban J connectivity index is 1.69. The van der Waals surface area contributed by atoms with Crippen LogP contribution in [-0.2, 0) is 78.6 Å². The zero-order valence-corrected chi connectivity index (χ0v) is 40.5. The SMILES string of the molecule is CN(CCS(=O)(=O)CCOS(=O)(=O)O)CCS(=O)(=O)c1ccc(N=Nc2cc(S(=O)(=O)O)c(N)c(N=Nc3ccc(S(=O)(=O)CCN(C)CCS(=O)(=O)CCOS(=O)(=O)O)cc3)c2N)cc1. The van der Waals surface area contributed by atoms with Crippen molar-refractivity contribution in [3.8, 4) is 0 Å². The van der Waals surface area contributed by atoms with Crippen LogP contribution in [0.3, 0.4) is 0 Å². The van der Waals surface area contributed by atoms with Crippen LogP contribution >= 0.6 is 0 Å². The lowest BCUT2D eigenvalue weighted by Gasteiger charge is -2.16. The number of hydrogen-bond acceptors (Lipinski definition) is 24. The van der Waals surface area contributed by atoms with Crippen LogP contribution in [0.1, 0.15) is 0 Å². The third kappa shape index (κ3) is 19.2. The molecule has 27 nitrogen and oxygen atoms in total. The topological polar surface area (TPSA) is 426 Å². The largest absolute Gasteiger partial charge is 0.397 e. The van der Waals surface area contributed by atoms with Crippen molar-refractivity contribution in [3.05, 3.63) is 54.6 Å². The Hall–Kier alpha value is -4.17. The second-order valence-electron chi connectivity index (χ2n) is 14.0. The summed E-state index contributed by atoms with van der Waals surface area (Å²) in [5.41, 5.74) is 10.4. The predicted octanol–water partition coefficient (Wildman–Crippen LogP) is 0.808. The lowest BCUT2D eigenvalue weighted by molar-refractivity contribution is 0.282. The van der Waals surface area contributed by atoms with Gasteiger partial charge < -0.3 is 21.3 Å². The number of nitrogens with zero attached hydrogens (tertiary/aromatic N) is 6. The van der Waals surface area contributed by atoms with Crippen LogP contribution in [0.4, 0.5) is 34.1 Å². The van der Waals surface area contributed by atoms with E-state index in [1.54, 1.807) is 0 Å². The van der Waals surface area contributed by atoms with Crippen LogP contribution in [0.5, 0.6) is 0 Å². The standard InChI is InChI=1S/C32H46N8O19S7/c1-39(11-17-60(41,42)21-15-58-65(52,53)54)13-19-62(45,46)26-7-3-24(4-8-26)35-37-28-23-29(64(49,50)51)31(34)32(30(28)33)38-36-25-5-9-27(10-6-25)63(47,48)20-14-40(2)12-18-61(43,44)22-16-59-66(55,56)57/h3-10,23H,11-22,33-34H2,1-2H3,(H,49,50,51)(H,52,53,54)(H,55,56,57). The van der Waals surface area contributed by atoms with E-state index in [0.29, 0.717) is 0 Å². The van der Waals surface area contributed by atoms with E-state index in [2.05, 4.69) is 28.8 Å². The molecular formula is C32H46N8O19S7. The van der Waals surface area contributed by atoms with E-state index >= 15 is 0 Å². The van der Waals surface area contributed by atoms with E-state index in [4.69, 9.17) is 20.6 Å². The molecule has 0 spiro atoms. The minimum atomic E-state index is -5.02. The summed E-state index contributed by atoms with van der Waals surface area (Å²) in [5, 5.41) is 15.7. The van der Waals surface area contributed by atoms with Crippen LogP contribution in [0.25, 0.3) is 0 Å². The van der Waals surface area contributed by atoms with Crippen molar-refractivity contribution in [2.24, 2.45) is 20.5 Å². The molecule has 0 aromatic heterocycles. The van der Waals surface area contributed by atoms with Crippen molar-refractivity contribution in [2.75, 3.05) is 99.5 Å². The molecule has 0 aliphatic carbocycles. The molecule has 370 valence electrons. The van der Waals surface area contributed by atoms with Gasteiger partial charge in [-0.3, -0.25) is 13.7 Å². The third-order valence-corrected chi connectivity index (χ3v) is 17.3. The summed E-state index contributed by atoms with van der Waals surface area (Å²) in [4.78, 5) is 1.69. The van der Waals surface area contributed by atoms with Crippen molar-refractivity contribution >= 4 is 104 Å². The van der Waals surface area contributed by atoms with Crippen LogP contribution in [0.2, 0.25) is 0 Å². The number of anilines is 2. The number of hydrogen-bond donors (Lipinski definition) is 5. The first-order valence-electron chi connectivity index (χ1n) is 18.4. The number of sulfone groups is 4. The first-order chi connectivity index (χ1) is 30.2. The van der Waals surface area contributed by atoms with E-state index in [9.17, 15) is 63.5 Å². The fraction of sp³-hybridized carbons (Fsp3) is 0.438. The summed E-state index contributed by atoms with van der Waals surface area (Å²) in [6, 6.07) is 10.6. The van der Waals surface area contributed by atoms with Gasteiger partial charge in [-0.1, -0.05) is 0 Å². The quantitative estimate of drug-likeness (QED) is 0.0400. The number of benzene rings is 3. The highest BCUT2D eigenvalue weighted by molar-refractivity contribution is 7.92. The Labute approximate surface area is 382 Å². The molecular weight excluding hydrogens is 1020 g/mol. The molecule has 0 heterocycles. The summed E-state index contributed by atoms with van der Waals surface area (Å²) < 4.78 is 202. The highest BCUT2D eigenvalue weighted by Crippen LogP contribution is 2.43. The smallest absolute Gasteiger partial charge is 0.396 e. The van der Waals surface area contributed by atoms with Crippen molar-refractivity contribution in [1.82, 2.24) is 9.80 Å². The molecule has 0 atom stereocenters. The molecule has 34 heteroatoms. The van der Waals surface area contributed by atoms with Crippen LogP contribution in [-0.4, -0.2) is 170 Å². The van der Waals surface area contributed by atoms with Crippen LogP contribution in [0, 0.1) is 0 Å². The molecule has 3 rings (SSSR count). The molecule has 0 amide bonds. The van der Waals surface area contributed by atoms with Crippen molar-refractivity contribution < 1.29 is 80.9 Å². The van der Waals surface area contributed by atoms with Gasteiger partial charge in [-0.2, -0.15) is 35.5 Å². The Morgan fingerprint density at radius 3 is 1.23 bits per heavy atom. The van der Waals surface area contributed by atoms with E-state index in [1.165, 1.54) is 72.4 Å². The highest BCUT2D eigenvalue weighted by atomic mass is 32.3. The molecule has 3 aromatic rings. The first kappa shape index (κ1) is 56.2. The molecule has 0 aliphatic rings. The fourth-order valence-corrected chi connectivity index (χ4v) is 11.4. The van der Waals surface area contributed by atoms with Gasteiger partial charge in [-0.05, 0) is 68.7 Å². The molecule has 0 saturated heterocycles. The second-order valence-corrected chi connectivity index (χ2v) is 26.4. The molecule has 3 aromatic carbocycles. The third-order valence-electron chi connectivity index (χ3n) is 8.83. The molecule has 0 saturated carbocycles. The lowest BCUT2D eigenvalue weighted by atomic mass is 10.2. The van der Waals surface area contributed by atoms with Gasteiger partial charge in [0.2, 0.25) is 0 Å². The molecule has 0 bridgehead atoms. The molecule has 0 radical (unpaired) electrons. The zero-order valence-electron chi connectivity index (χ0n) is 34.8. The van der Waals surface area contributed by atoms with Gasteiger partial charge >= 0.3 is 20.8 Å². The highest BCUT2D eigenvalue weighted by Gasteiger charge is 2.24. The minimum absolute atomic E-state index is 0.0325. The van der Waals surface area contributed by atoms with E-state index < -0.39 is 134 Å². The Kier molecular flexibility index (Phi) is 19.4. The molecule has 0 aliphatic heterocycles. The van der Waals surface area contributed by atoms with Crippen LogP contribution < -0.4 is 11.5 Å². The van der Waals surface area contributed by atoms with Gasteiger partial charge in [0.05, 0.1) is 80.3 Å². The maximum atomic E-state index is 13.0. The molecule has 0 unspecified atom stereocenters. The van der Waals surface area contributed by atoms with Gasteiger partial charge in [0.1, 0.15) is 16.3 Å². The van der Waals surface area contributed by atoms with Crippen molar-refractivity contribution in [2.45, 2.75) is 14.7 Å². The van der Waals surface area contributed by atoms with E-state index in [0.717, 1.165) is 6.07 Å². The van der Waals surface area contributed by atoms with Gasteiger partial charge in [0.15, 0.2) is 39.3 Å². The average Bonchev–Trinajstić information content (AvgIpc) is 3.19. The fourth-order valence-electron chi connectivity index (χ4n) is 5.06. The predicted molar refractivity (Wildman–Crippen MR) is 238 cm³/mol. The second kappa shape index (κ2) is 22.8. The van der Waals surface area contributed by atoms with Crippen LogP contribution in [0.15, 0.2) is 89.7 Å². The van der Waals surface area contributed by atoms with Crippen molar-refractivity contribution in [1.29, 1.82) is 0 Å². The maximum Gasteiger partial charge on any atom is 0.397 e. The van der Waals surface area contributed by atoms with Crippen molar-refractivity contribution in [3.63, 3.8) is 0 Å². The molecule has 0 fully saturated rings. The molecule has 66 heavy (non-hydrogen) atoms. The summed E-state index contributed by atoms with van der Waals surface area (Å²) in [6.45, 7) is -1.98. The summed E-state index contributed by atoms with van der Waals surface area (Å²) >= 11 is 0. The summed E-state index contributed by atoms with van der Waals surface area (Å²) in [5.74, 6) is -3.17. The zero-order chi connectivity index (χ0) is 49.9. The normalized spacial score (nSPS) is 13.7. The minimum Gasteiger partial charge on any atom is -0.396 e. The molecule has 7 N–H and O–H groups in total. The summed E-state index contributed by atoms with van der Waals surface area (Å²) in [6.07, 6.45) is 0. The Morgan fingerprint density at radius 1 is 0.500 bits per heavy atom. The Morgan fingerprint density at radius 2 is 0.864 bits per heavy atom. The van der Waals surface area contributed by atoms with Gasteiger partial charge in [0.25, 0.3) is 10.1 Å². The summed E-state index contributed by atoms with van der Waals surface area (Å²) in [7, 11) is -27.2. The average molecular weight is 1070 g/mol. The monoisotopic (exact) mass is 1070 g/mol. The van der Waals surface area contributed by atoms with Gasteiger partial charge in [0, 0.05) is 26.2 Å². The van der Waals surface area contributed by atoms with E-state index in [-0.39, 0.29) is 58.7 Å². The lowest BCUT2D eigenvalue weighted by Crippen LogP contribution is -2.31. The van der Waals surface area contributed by atoms with E-state index in [1.807, 2.05) is 0 Å². The number of azo groups is 2. The number of nitrogen functional groups attached to an aromatic ring is 2. The van der Waals surface area contributed by atoms with Gasteiger partial charge in [-0.25, -0.2) is 42.0 Å². The first-order valence-corrected chi connectivity index (χ1v) is 29.5. The number of nitrogens with two attached hydrogens (primary N) is 2. The number of rotatable bonds is 27. The Bertz CT molecular complexity index is 3060. The van der Waals surface area contributed by atoms with Gasteiger partial charge in [-0.15, -0.1) is 10.2 Å².